The molecule has 0 N–H and O–H groups in total. The van der Waals surface area contributed by atoms with Crippen molar-refractivity contribution in [3.05, 3.63) is 35.4 Å². The maximum atomic E-state index is 12.6. The Morgan fingerprint density at radius 1 is 1.20 bits per heavy atom. The highest BCUT2D eigenvalue weighted by molar-refractivity contribution is 5.29. The smallest absolute Gasteiger partial charge is 0.302 e. The van der Waals surface area contributed by atoms with Crippen molar-refractivity contribution >= 4 is 0 Å². The van der Waals surface area contributed by atoms with Gasteiger partial charge in [0.1, 0.15) is 0 Å². The molecule has 0 aliphatic carbocycles. The molecule has 1 aromatic carbocycles. The third-order valence-corrected chi connectivity index (χ3v) is 2.30. The summed E-state index contributed by atoms with van der Waals surface area (Å²) in [6.45, 7) is 2.97. The molecule has 84 valence electrons. The SMILES string of the molecule is CCN(C)Cc1ccccc1C(F)(F)F. The molecule has 1 nitrogen and oxygen atoms in total. The molecule has 0 atom stereocenters. The van der Waals surface area contributed by atoms with Crippen LogP contribution in [0.15, 0.2) is 24.3 Å². The Morgan fingerprint density at radius 2 is 1.80 bits per heavy atom. The molecule has 0 radical (unpaired) electrons. The average molecular weight is 217 g/mol. The summed E-state index contributed by atoms with van der Waals surface area (Å²) in [7, 11) is 1.80. The highest BCUT2D eigenvalue weighted by Crippen LogP contribution is 2.32. The number of benzene rings is 1. The number of alkyl halides is 3. The lowest BCUT2D eigenvalue weighted by molar-refractivity contribution is -0.138. The topological polar surface area (TPSA) is 3.24 Å². The molecule has 0 spiro atoms. The third kappa shape index (κ3) is 3.23. The van der Waals surface area contributed by atoms with E-state index in [-0.39, 0.29) is 0 Å². The van der Waals surface area contributed by atoms with Crippen LogP contribution in [0.2, 0.25) is 0 Å². The first-order chi connectivity index (χ1) is 6.95. The van der Waals surface area contributed by atoms with Gasteiger partial charge < -0.3 is 4.90 Å². The van der Waals surface area contributed by atoms with Crippen LogP contribution in [0.1, 0.15) is 18.1 Å². The van der Waals surface area contributed by atoms with Gasteiger partial charge in [-0.15, -0.1) is 0 Å². The monoisotopic (exact) mass is 217 g/mol. The van der Waals surface area contributed by atoms with E-state index in [1.54, 1.807) is 13.1 Å². The predicted molar refractivity (Wildman–Crippen MR) is 53.5 cm³/mol. The van der Waals surface area contributed by atoms with Crippen molar-refractivity contribution in [2.24, 2.45) is 0 Å². The minimum absolute atomic E-state index is 0.326. The summed E-state index contributed by atoms with van der Waals surface area (Å²) in [6.07, 6.45) is -4.26. The maximum Gasteiger partial charge on any atom is 0.416 e. The van der Waals surface area contributed by atoms with Gasteiger partial charge in [-0.05, 0) is 25.2 Å². The Labute approximate surface area is 87.5 Å². The number of rotatable bonds is 3. The van der Waals surface area contributed by atoms with Crippen molar-refractivity contribution in [2.75, 3.05) is 13.6 Å². The van der Waals surface area contributed by atoms with Gasteiger partial charge in [0.25, 0.3) is 0 Å². The lowest BCUT2D eigenvalue weighted by atomic mass is 10.1. The first-order valence-electron chi connectivity index (χ1n) is 4.78. The zero-order chi connectivity index (χ0) is 11.5. The zero-order valence-electron chi connectivity index (χ0n) is 8.80. The van der Waals surface area contributed by atoms with Crippen LogP contribution in [0.25, 0.3) is 0 Å². The summed E-state index contributed by atoms with van der Waals surface area (Å²) in [5.74, 6) is 0. The second kappa shape index (κ2) is 4.66. The lowest BCUT2D eigenvalue weighted by Crippen LogP contribution is -2.19. The van der Waals surface area contributed by atoms with Crippen molar-refractivity contribution in [3.63, 3.8) is 0 Å². The number of hydrogen-bond donors (Lipinski definition) is 0. The second-order valence-corrected chi connectivity index (χ2v) is 3.49. The minimum atomic E-state index is -4.26. The molecule has 0 amide bonds. The summed E-state index contributed by atoms with van der Waals surface area (Å²) in [6, 6.07) is 5.69. The molecule has 0 unspecified atom stereocenters. The van der Waals surface area contributed by atoms with E-state index in [1.807, 2.05) is 11.8 Å². The van der Waals surface area contributed by atoms with Gasteiger partial charge >= 0.3 is 6.18 Å². The minimum Gasteiger partial charge on any atom is -0.302 e. The van der Waals surface area contributed by atoms with Gasteiger partial charge in [-0.2, -0.15) is 13.2 Å². The van der Waals surface area contributed by atoms with Crippen molar-refractivity contribution in [2.45, 2.75) is 19.6 Å². The standard InChI is InChI=1S/C11H14F3N/c1-3-15(2)8-9-6-4-5-7-10(9)11(12,13)14/h4-7H,3,8H2,1-2H3. The van der Waals surface area contributed by atoms with Gasteiger partial charge in [-0.1, -0.05) is 25.1 Å². The third-order valence-electron chi connectivity index (χ3n) is 2.30. The van der Waals surface area contributed by atoms with Gasteiger partial charge in [0.05, 0.1) is 5.56 Å². The normalized spacial score (nSPS) is 12.1. The van der Waals surface area contributed by atoms with Gasteiger partial charge in [0.15, 0.2) is 0 Å². The Kier molecular flexibility index (Phi) is 3.74. The molecule has 0 saturated carbocycles. The maximum absolute atomic E-state index is 12.6. The van der Waals surface area contributed by atoms with Crippen LogP contribution in [0, 0.1) is 0 Å². The summed E-state index contributed by atoms with van der Waals surface area (Å²) in [4.78, 5) is 1.84. The largest absolute Gasteiger partial charge is 0.416 e. The molecule has 0 bridgehead atoms. The first kappa shape index (κ1) is 12.0. The van der Waals surface area contributed by atoms with Crippen LogP contribution in [0.3, 0.4) is 0 Å². The van der Waals surface area contributed by atoms with Gasteiger partial charge in [0, 0.05) is 6.54 Å². The highest BCUT2D eigenvalue weighted by Gasteiger charge is 2.32. The predicted octanol–water partition coefficient (Wildman–Crippen LogP) is 3.16. The molecule has 0 aromatic heterocycles. The van der Waals surface area contributed by atoms with Crippen LogP contribution < -0.4 is 0 Å². The molecular weight excluding hydrogens is 203 g/mol. The average Bonchev–Trinajstić information content (AvgIpc) is 2.17. The van der Waals surface area contributed by atoms with E-state index in [2.05, 4.69) is 0 Å². The molecule has 1 rings (SSSR count). The quantitative estimate of drug-likeness (QED) is 0.751. The fourth-order valence-electron chi connectivity index (χ4n) is 1.34. The van der Waals surface area contributed by atoms with E-state index >= 15 is 0 Å². The molecule has 0 heterocycles. The van der Waals surface area contributed by atoms with Crippen molar-refractivity contribution in [3.8, 4) is 0 Å². The fourth-order valence-corrected chi connectivity index (χ4v) is 1.34. The van der Waals surface area contributed by atoms with E-state index in [0.717, 1.165) is 12.6 Å². The molecule has 0 aliphatic heterocycles. The van der Waals surface area contributed by atoms with E-state index in [1.165, 1.54) is 12.1 Å². The van der Waals surface area contributed by atoms with Crippen LogP contribution in [0.4, 0.5) is 13.2 Å². The highest BCUT2D eigenvalue weighted by atomic mass is 19.4. The van der Waals surface area contributed by atoms with Crippen LogP contribution in [-0.4, -0.2) is 18.5 Å². The molecular formula is C11H14F3N. The van der Waals surface area contributed by atoms with E-state index in [4.69, 9.17) is 0 Å². The second-order valence-electron chi connectivity index (χ2n) is 3.49. The molecule has 0 saturated heterocycles. The summed E-state index contributed by atoms with van der Waals surface area (Å²) in [5, 5.41) is 0. The van der Waals surface area contributed by atoms with E-state index in [9.17, 15) is 13.2 Å². The van der Waals surface area contributed by atoms with Crippen molar-refractivity contribution in [1.82, 2.24) is 4.90 Å². The lowest BCUT2D eigenvalue weighted by Gasteiger charge is -2.18. The Bertz CT molecular complexity index is 320. The summed E-state index contributed by atoms with van der Waals surface area (Å²) in [5.41, 5.74) is -0.209. The van der Waals surface area contributed by atoms with Crippen molar-refractivity contribution in [1.29, 1.82) is 0 Å². The Balaban J connectivity index is 2.97. The van der Waals surface area contributed by atoms with Gasteiger partial charge in [-0.3, -0.25) is 0 Å². The van der Waals surface area contributed by atoms with Crippen LogP contribution >= 0.6 is 0 Å². The molecule has 0 aliphatic rings. The summed E-state index contributed by atoms with van der Waals surface area (Å²) < 4.78 is 37.8. The summed E-state index contributed by atoms with van der Waals surface area (Å²) >= 11 is 0. The van der Waals surface area contributed by atoms with E-state index in [0.29, 0.717) is 12.1 Å². The first-order valence-corrected chi connectivity index (χ1v) is 4.78. The van der Waals surface area contributed by atoms with Crippen LogP contribution in [-0.2, 0) is 12.7 Å². The Morgan fingerprint density at radius 3 is 2.33 bits per heavy atom. The molecule has 1 aromatic rings. The number of hydrogen-bond acceptors (Lipinski definition) is 1. The molecule has 0 fully saturated rings. The fraction of sp³-hybridized carbons (Fsp3) is 0.455. The molecule has 15 heavy (non-hydrogen) atoms. The number of halogens is 3. The van der Waals surface area contributed by atoms with Gasteiger partial charge in [0.2, 0.25) is 0 Å². The van der Waals surface area contributed by atoms with E-state index < -0.39 is 11.7 Å². The Hall–Kier alpha value is -1.03. The van der Waals surface area contributed by atoms with Crippen LogP contribution in [0.5, 0.6) is 0 Å². The number of nitrogens with zero attached hydrogens (tertiary/aromatic N) is 1. The molecule has 4 heteroatoms. The van der Waals surface area contributed by atoms with Gasteiger partial charge in [-0.25, -0.2) is 0 Å². The van der Waals surface area contributed by atoms with Crippen molar-refractivity contribution < 1.29 is 13.2 Å². The zero-order valence-corrected chi connectivity index (χ0v) is 8.80.